The third kappa shape index (κ3) is 1.26. The minimum atomic E-state index is -0.461. The van der Waals surface area contributed by atoms with Crippen LogP contribution in [0.5, 0.6) is 0 Å². The van der Waals surface area contributed by atoms with Crippen LogP contribution in [0.4, 0.5) is 0 Å². The molecule has 2 heterocycles. The average molecular weight is 178 g/mol. The first-order valence-corrected chi connectivity index (χ1v) is 3.46. The molecule has 0 atom stereocenters. The summed E-state index contributed by atoms with van der Waals surface area (Å²) in [5.74, 6) is 0. The van der Waals surface area contributed by atoms with Crippen molar-refractivity contribution >= 4 is 17.2 Å². The van der Waals surface area contributed by atoms with Crippen LogP contribution in [0.15, 0.2) is 18.3 Å². The van der Waals surface area contributed by atoms with E-state index in [2.05, 4.69) is 15.3 Å². The molecule has 7 heteroatoms. The van der Waals surface area contributed by atoms with Gasteiger partial charge in [0, 0.05) is 6.20 Å². The van der Waals surface area contributed by atoms with Gasteiger partial charge in [-0.2, -0.15) is 0 Å². The Kier molecular flexibility index (Phi) is 1.55. The van der Waals surface area contributed by atoms with Crippen LogP contribution in [-0.2, 0) is 0 Å². The molecule has 13 heavy (non-hydrogen) atoms. The van der Waals surface area contributed by atoms with Crippen molar-refractivity contribution in [3.63, 3.8) is 0 Å². The monoisotopic (exact) mass is 178 g/mol. The van der Waals surface area contributed by atoms with Gasteiger partial charge in [-0.1, -0.05) is 0 Å². The zero-order valence-electron chi connectivity index (χ0n) is 6.51. The number of nitrogens with one attached hydrogen (secondary N) is 1. The lowest BCUT2D eigenvalue weighted by Gasteiger charge is -1.98. The van der Waals surface area contributed by atoms with Crippen molar-refractivity contribution in [3.8, 4) is 0 Å². The van der Waals surface area contributed by atoms with Crippen molar-refractivity contribution < 1.29 is 4.84 Å². The molecule has 0 saturated carbocycles. The van der Waals surface area contributed by atoms with Gasteiger partial charge in [0.05, 0.1) is 0 Å². The molecular weight excluding hydrogens is 172 g/mol. The highest BCUT2D eigenvalue weighted by atomic mass is 16.7. The van der Waals surface area contributed by atoms with Gasteiger partial charge in [0.2, 0.25) is 5.65 Å². The first-order valence-electron chi connectivity index (χ1n) is 3.46. The summed E-state index contributed by atoms with van der Waals surface area (Å²) in [6.45, 7) is 0. The topological polar surface area (TPSA) is 103 Å². The SMILES string of the molecule is N=C(N)On1nnc2cccnc21. The first kappa shape index (κ1) is 7.47. The summed E-state index contributed by atoms with van der Waals surface area (Å²) in [7, 11) is 0. The second-order valence-corrected chi connectivity index (χ2v) is 2.26. The Morgan fingerprint density at radius 2 is 2.46 bits per heavy atom. The molecule has 0 spiro atoms. The minimum Gasteiger partial charge on any atom is -0.352 e. The van der Waals surface area contributed by atoms with E-state index < -0.39 is 6.02 Å². The van der Waals surface area contributed by atoms with Crippen molar-refractivity contribution in [1.29, 1.82) is 5.41 Å². The molecule has 2 aromatic rings. The van der Waals surface area contributed by atoms with E-state index in [1.54, 1.807) is 18.3 Å². The maximum atomic E-state index is 6.88. The quantitative estimate of drug-likeness (QED) is 0.437. The summed E-state index contributed by atoms with van der Waals surface area (Å²) in [5.41, 5.74) is 6.03. The van der Waals surface area contributed by atoms with Crippen LogP contribution in [0, 0.1) is 5.41 Å². The lowest BCUT2D eigenvalue weighted by molar-refractivity contribution is 0.218. The van der Waals surface area contributed by atoms with Crippen molar-refractivity contribution in [2.75, 3.05) is 0 Å². The lowest BCUT2D eigenvalue weighted by Crippen LogP contribution is -2.27. The number of fused-ring (bicyclic) bond motifs is 1. The molecule has 2 aromatic heterocycles. The summed E-state index contributed by atoms with van der Waals surface area (Å²) in [5, 5.41) is 14.2. The van der Waals surface area contributed by atoms with E-state index in [0.717, 1.165) is 4.85 Å². The molecule has 7 nitrogen and oxygen atoms in total. The van der Waals surface area contributed by atoms with Gasteiger partial charge < -0.3 is 10.6 Å². The summed E-state index contributed by atoms with van der Waals surface area (Å²) in [6, 6.07) is 3.00. The Balaban J connectivity index is 2.51. The van der Waals surface area contributed by atoms with E-state index in [9.17, 15) is 0 Å². The fourth-order valence-corrected chi connectivity index (χ4v) is 0.900. The standard InChI is InChI=1S/C6H6N6O/c7-6(8)13-12-5-4(10-11-12)2-1-3-9-5/h1-3H,(H3,7,8). The summed E-state index contributed by atoms with van der Waals surface area (Å²) in [4.78, 5) is 9.66. The summed E-state index contributed by atoms with van der Waals surface area (Å²) in [6.07, 6.45) is 1.58. The molecule has 0 saturated heterocycles. The number of hydrogen-bond donors (Lipinski definition) is 2. The van der Waals surface area contributed by atoms with E-state index in [1.807, 2.05) is 0 Å². The van der Waals surface area contributed by atoms with Gasteiger partial charge >= 0.3 is 6.02 Å². The molecule has 0 amide bonds. The molecule has 2 rings (SSSR count). The van der Waals surface area contributed by atoms with E-state index in [1.165, 1.54) is 0 Å². The molecule has 0 aliphatic rings. The van der Waals surface area contributed by atoms with Gasteiger partial charge in [0.1, 0.15) is 5.52 Å². The van der Waals surface area contributed by atoms with E-state index in [-0.39, 0.29) is 0 Å². The smallest absolute Gasteiger partial charge is 0.309 e. The number of amidine groups is 1. The van der Waals surface area contributed by atoms with Crippen LogP contribution in [0.25, 0.3) is 11.2 Å². The Morgan fingerprint density at radius 3 is 3.23 bits per heavy atom. The Bertz CT molecular complexity index is 449. The average Bonchev–Trinajstić information content (AvgIpc) is 2.48. The number of rotatable bonds is 1. The third-order valence-electron chi connectivity index (χ3n) is 1.37. The van der Waals surface area contributed by atoms with Crippen LogP contribution in [0.1, 0.15) is 0 Å². The van der Waals surface area contributed by atoms with Crippen molar-refractivity contribution in [2.24, 2.45) is 5.73 Å². The van der Waals surface area contributed by atoms with Crippen LogP contribution >= 0.6 is 0 Å². The lowest BCUT2D eigenvalue weighted by atomic mass is 10.4. The van der Waals surface area contributed by atoms with Gasteiger partial charge in [-0.05, 0) is 22.2 Å². The molecule has 0 unspecified atom stereocenters. The molecule has 0 aliphatic heterocycles. The first-order chi connectivity index (χ1) is 6.27. The van der Waals surface area contributed by atoms with Crippen LogP contribution < -0.4 is 10.6 Å². The molecule has 0 radical (unpaired) electrons. The summed E-state index contributed by atoms with van der Waals surface area (Å²) < 4.78 is 0. The molecule has 0 aromatic carbocycles. The second kappa shape index (κ2) is 2.70. The van der Waals surface area contributed by atoms with Crippen LogP contribution in [0.2, 0.25) is 0 Å². The van der Waals surface area contributed by atoms with Gasteiger partial charge in [0.15, 0.2) is 0 Å². The maximum absolute atomic E-state index is 6.88. The van der Waals surface area contributed by atoms with Gasteiger partial charge in [-0.3, -0.25) is 0 Å². The van der Waals surface area contributed by atoms with E-state index in [4.69, 9.17) is 16.0 Å². The highest BCUT2D eigenvalue weighted by Crippen LogP contribution is 2.03. The van der Waals surface area contributed by atoms with Crippen molar-refractivity contribution in [3.05, 3.63) is 18.3 Å². The predicted molar refractivity (Wildman–Crippen MR) is 43.8 cm³/mol. The van der Waals surface area contributed by atoms with Gasteiger partial charge in [-0.25, -0.2) is 10.4 Å². The molecule has 0 bridgehead atoms. The van der Waals surface area contributed by atoms with E-state index in [0.29, 0.717) is 11.2 Å². The molecule has 0 fully saturated rings. The highest BCUT2D eigenvalue weighted by Gasteiger charge is 2.05. The van der Waals surface area contributed by atoms with Crippen molar-refractivity contribution in [1.82, 2.24) is 20.1 Å². The predicted octanol–water partition coefficient (Wildman–Crippen LogP) is -0.852. The Labute approximate surface area is 72.6 Å². The fraction of sp³-hybridized carbons (Fsp3) is 0. The maximum Gasteiger partial charge on any atom is 0.309 e. The van der Waals surface area contributed by atoms with Crippen LogP contribution in [-0.4, -0.2) is 26.2 Å². The van der Waals surface area contributed by atoms with Crippen molar-refractivity contribution in [2.45, 2.75) is 0 Å². The molecule has 66 valence electrons. The molecule has 0 aliphatic carbocycles. The molecular formula is C6H6N6O. The minimum absolute atomic E-state index is 0.428. The van der Waals surface area contributed by atoms with Crippen LogP contribution in [0.3, 0.4) is 0 Å². The number of aromatic nitrogens is 4. The number of hydrogen-bond acceptors (Lipinski definition) is 5. The second-order valence-electron chi connectivity index (χ2n) is 2.26. The zero-order valence-corrected chi connectivity index (χ0v) is 6.51. The number of pyridine rings is 1. The highest BCUT2D eigenvalue weighted by molar-refractivity contribution is 5.71. The molecule has 3 N–H and O–H groups in total. The van der Waals surface area contributed by atoms with Gasteiger partial charge in [-0.15, -0.1) is 5.10 Å². The fourth-order valence-electron chi connectivity index (χ4n) is 0.900. The Hall–Kier alpha value is -2.18. The normalized spacial score (nSPS) is 10.2. The van der Waals surface area contributed by atoms with Gasteiger partial charge in [0.25, 0.3) is 0 Å². The van der Waals surface area contributed by atoms with E-state index >= 15 is 0 Å². The number of nitrogens with two attached hydrogens (primary N) is 1. The Morgan fingerprint density at radius 1 is 1.62 bits per heavy atom. The largest absolute Gasteiger partial charge is 0.352 e. The number of nitrogens with zero attached hydrogens (tertiary/aromatic N) is 4. The third-order valence-corrected chi connectivity index (χ3v) is 1.37. The zero-order chi connectivity index (χ0) is 9.26. The summed E-state index contributed by atoms with van der Waals surface area (Å²) >= 11 is 0.